The van der Waals surface area contributed by atoms with Gasteiger partial charge in [0.2, 0.25) is 0 Å². The second-order valence-corrected chi connectivity index (χ2v) is 13.2. The summed E-state index contributed by atoms with van der Waals surface area (Å²) in [6.45, 7) is 12.7. The van der Waals surface area contributed by atoms with Gasteiger partial charge in [0.1, 0.15) is 0 Å². The molecule has 2 aromatic rings. The molecule has 0 unspecified atom stereocenters. The van der Waals surface area contributed by atoms with Gasteiger partial charge < -0.3 is 13.7 Å². The topological polar surface area (TPSA) is 40.5 Å². The number of aromatic nitrogens is 1. The zero-order valence-corrected chi connectivity index (χ0v) is 17.9. The summed E-state index contributed by atoms with van der Waals surface area (Å²) in [5.74, 6) is -0.331. The first-order valence-corrected chi connectivity index (χ1v) is 11.8. The highest BCUT2D eigenvalue weighted by Crippen LogP contribution is 2.36. The van der Waals surface area contributed by atoms with Gasteiger partial charge in [0.15, 0.2) is 8.32 Å². The van der Waals surface area contributed by atoms with Crippen molar-refractivity contribution in [1.29, 1.82) is 0 Å². The number of esters is 1. The number of fused-ring (bicyclic) bond motifs is 1. The van der Waals surface area contributed by atoms with Crippen LogP contribution in [0.4, 0.5) is 0 Å². The number of carbonyl (C=O) groups excluding carboxylic acids is 1. The van der Waals surface area contributed by atoms with Crippen LogP contribution in [0.25, 0.3) is 10.9 Å². The van der Waals surface area contributed by atoms with Gasteiger partial charge >= 0.3 is 5.97 Å². The Labute approximate surface area is 153 Å². The molecule has 0 aliphatic rings. The first-order valence-electron chi connectivity index (χ1n) is 8.07. The number of hydrogen-bond acceptors (Lipinski definition) is 3. The number of methoxy groups -OCH3 is 1. The van der Waals surface area contributed by atoms with Gasteiger partial charge in [-0.15, -0.1) is 0 Å². The normalized spacial score (nSPS) is 12.6. The fraction of sp³-hybridized carbons (Fsp3) is 0.500. The van der Waals surface area contributed by atoms with Gasteiger partial charge in [-0.25, -0.2) is 4.79 Å². The van der Waals surface area contributed by atoms with E-state index in [4.69, 9.17) is 9.16 Å². The summed E-state index contributed by atoms with van der Waals surface area (Å²) in [4.78, 5) is 11.8. The smallest absolute Gasteiger partial charge is 0.337 e. The Hall–Kier alpha value is -1.11. The Morgan fingerprint density at radius 2 is 1.96 bits per heavy atom. The van der Waals surface area contributed by atoms with Crippen molar-refractivity contribution in [1.82, 2.24) is 4.57 Å². The first kappa shape index (κ1) is 19.2. The third-order valence-corrected chi connectivity index (χ3v) is 10.1. The van der Waals surface area contributed by atoms with E-state index in [2.05, 4.69) is 54.4 Å². The van der Waals surface area contributed by atoms with Gasteiger partial charge in [-0.1, -0.05) is 36.7 Å². The fourth-order valence-electron chi connectivity index (χ4n) is 2.30. The third kappa shape index (κ3) is 3.92. The van der Waals surface area contributed by atoms with Crippen molar-refractivity contribution in [3.63, 3.8) is 0 Å². The Bertz CT molecular complexity index is 747. The van der Waals surface area contributed by atoms with Crippen molar-refractivity contribution >= 4 is 41.1 Å². The molecule has 0 aliphatic carbocycles. The molecule has 0 radical (unpaired) electrons. The second-order valence-electron chi connectivity index (χ2n) is 7.50. The van der Waals surface area contributed by atoms with Crippen molar-refractivity contribution in [2.45, 2.75) is 45.4 Å². The van der Waals surface area contributed by atoms with Crippen molar-refractivity contribution in [3.05, 3.63) is 34.4 Å². The molecule has 0 aliphatic heterocycles. The average molecular weight is 412 g/mol. The third-order valence-electron chi connectivity index (χ3n) is 4.86. The number of benzene rings is 1. The van der Waals surface area contributed by atoms with Crippen LogP contribution in [0, 0.1) is 0 Å². The minimum absolute atomic E-state index is 0.201. The number of hydrogen-bond donors (Lipinski definition) is 0. The lowest BCUT2D eigenvalue weighted by molar-refractivity contribution is 0.0601. The summed E-state index contributed by atoms with van der Waals surface area (Å²) >= 11 is 3.54. The van der Waals surface area contributed by atoms with Crippen molar-refractivity contribution in [2.75, 3.05) is 13.7 Å². The zero-order valence-electron chi connectivity index (χ0n) is 15.3. The summed E-state index contributed by atoms with van der Waals surface area (Å²) in [5, 5.41) is 1.28. The van der Waals surface area contributed by atoms with E-state index in [0.29, 0.717) is 12.2 Å². The van der Waals surface area contributed by atoms with E-state index in [1.165, 1.54) is 7.11 Å². The van der Waals surface area contributed by atoms with Crippen LogP contribution in [0.2, 0.25) is 18.1 Å². The standard InChI is InChI=1S/C18H26BrNO3Si/c1-18(2,3)24(5,6)23-10-9-20-8-7-14-15(19)11-13(12-16(14)20)17(21)22-4/h7-8,11-12H,9-10H2,1-6H3. The average Bonchev–Trinajstić information content (AvgIpc) is 2.89. The van der Waals surface area contributed by atoms with Gasteiger partial charge in [0.25, 0.3) is 0 Å². The lowest BCUT2D eigenvalue weighted by Crippen LogP contribution is -2.41. The van der Waals surface area contributed by atoms with Gasteiger partial charge in [-0.05, 0) is 36.3 Å². The predicted molar refractivity (Wildman–Crippen MR) is 104 cm³/mol. The minimum Gasteiger partial charge on any atom is -0.465 e. The molecule has 24 heavy (non-hydrogen) atoms. The zero-order chi connectivity index (χ0) is 18.1. The molecule has 1 aromatic carbocycles. The van der Waals surface area contributed by atoms with Crippen LogP contribution in [0.5, 0.6) is 0 Å². The summed E-state index contributed by atoms with van der Waals surface area (Å²) in [5.41, 5.74) is 1.55. The van der Waals surface area contributed by atoms with Gasteiger partial charge in [0.05, 0.1) is 24.8 Å². The van der Waals surface area contributed by atoms with Crippen LogP contribution in [0.3, 0.4) is 0 Å². The fourth-order valence-corrected chi connectivity index (χ4v) is 3.91. The highest BCUT2D eigenvalue weighted by molar-refractivity contribution is 9.10. The molecule has 0 atom stereocenters. The Morgan fingerprint density at radius 3 is 2.54 bits per heavy atom. The van der Waals surface area contributed by atoms with E-state index in [9.17, 15) is 4.79 Å². The van der Waals surface area contributed by atoms with Crippen molar-refractivity contribution < 1.29 is 14.0 Å². The molecule has 0 bridgehead atoms. The molecule has 132 valence electrons. The lowest BCUT2D eigenvalue weighted by Gasteiger charge is -2.36. The van der Waals surface area contributed by atoms with Crippen molar-refractivity contribution in [3.8, 4) is 0 Å². The Morgan fingerprint density at radius 1 is 1.29 bits per heavy atom. The van der Waals surface area contributed by atoms with Crippen LogP contribution in [0.15, 0.2) is 28.9 Å². The highest BCUT2D eigenvalue weighted by Gasteiger charge is 2.36. The maximum atomic E-state index is 11.8. The van der Waals surface area contributed by atoms with E-state index in [1.54, 1.807) is 6.07 Å². The Kier molecular flexibility index (Phi) is 5.62. The second kappa shape index (κ2) is 7.02. The molecular formula is C18H26BrNO3Si. The largest absolute Gasteiger partial charge is 0.465 e. The van der Waals surface area contributed by atoms with Crippen molar-refractivity contribution in [2.24, 2.45) is 0 Å². The molecule has 2 rings (SSSR count). The number of halogens is 1. The van der Waals surface area contributed by atoms with Crippen LogP contribution in [0.1, 0.15) is 31.1 Å². The predicted octanol–water partition coefficient (Wildman–Crippen LogP) is 5.21. The molecule has 0 fully saturated rings. The van der Waals surface area contributed by atoms with Gasteiger partial charge in [-0.3, -0.25) is 0 Å². The van der Waals surface area contributed by atoms with E-state index < -0.39 is 8.32 Å². The lowest BCUT2D eigenvalue weighted by atomic mass is 10.1. The number of carbonyl (C=O) groups is 1. The molecule has 0 saturated heterocycles. The van der Waals surface area contributed by atoms with Crippen LogP contribution >= 0.6 is 15.9 Å². The molecule has 0 spiro atoms. The molecule has 1 heterocycles. The Balaban J connectivity index is 2.21. The molecule has 0 amide bonds. The highest BCUT2D eigenvalue weighted by atomic mass is 79.9. The van der Waals surface area contributed by atoms with Gasteiger partial charge in [-0.2, -0.15) is 0 Å². The SMILES string of the molecule is COC(=O)c1cc(Br)c2ccn(CCO[Si](C)(C)C(C)(C)C)c2c1. The van der Waals surface area contributed by atoms with Crippen LogP contribution < -0.4 is 0 Å². The van der Waals surface area contributed by atoms with E-state index in [1.807, 2.05) is 18.3 Å². The van der Waals surface area contributed by atoms with Crippen LogP contribution in [-0.4, -0.2) is 32.6 Å². The maximum Gasteiger partial charge on any atom is 0.337 e. The maximum absolute atomic E-state index is 11.8. The minimum atomic E-state index is -1.75. The molecule has 0 saturated carbocycles. The number of rotatable bonds is 5. The summed E-state index contributed by atoms with van der Waals surface area (Å²) in [7, 11) is -0.353. The summed E-state index contributed by atoms with van der Waals surface area (Å²) < 4.78 is 14.1. The van der Waals surface area contributed by atoms with E-state index in [0.717, 1.165) is 21.9 Å². The number of ether oxygens (including phenoxy) is 1. The molecular weight excluding hydrogens is 386 g/mol. The van der Waals surface area contributed by atoms with E-state index in [-0.39, 0.29) is 11.0 Å². The van der Waals surface area contributed by atoms with Crippen LogP contribution in [-0.2, 0) is 15.7 Å². The molecule has 0 N–H and O–H groups in total. The molecule has 6 heteroatoms. The van der Waals surface area contributed by atoms with Gasteiger partial charge in [0, 0.05) is 22.6 Å². The van der Waals surface area contributed by atoms with E-state index >= 15 is 0 Å². The number of nitrogens with zero attached hydrogens (tertiary/aromatic N) is 1. The molecule has 4 nitrogen and oxygen atoms in total. The summed E-state index contributed by atoms with van der Waals surface area (Å²) in [6.07, 6.45) is 2.03. The monoisotopic (exact) mass is 411 g/mol. The summed E-state index contributed by atoms with van der Waals surface area (Å²) in [6, 6.07) is 5.72. The molecule has 1 aromatic heterocycles. The first-order chi connectivity index (χ1) is 11.1. The quantitative estimate of drug-likeness (QED) is 0.500.